The smallest absolute Gasteiger partial charge is 0.254 e. The Balaban J connectivity index is 1.87. The molecule has 2 amide bonds. The molecule has 1 saturated heterocycles. The van der Waals surface area contributed by atoms with E-state index in [1.54, 1.807) is 6.07 Å². The van der Waals surface area contributed by atoms with Crippen LogP contribution in [-0.2, 0) is 14.3 Å². The first-order valence-electron chi connectivity index (χ1n) is 8.43. The summed E-state index contributed by atoms with van der Waals surface area (Å²) in [6.07, 6.45) is 1.34. The molecule has 130 valence electrons. The highest BCUT2D eigenvalue weighted by Gasteiger charge is 2.43. The normalized spacial score (nSPS) is 23.9. The van der Waals surface area contributed by atoms with Crippen molar-refractivity contribution in [2.24, 2.45) is 5.92 Å². The third kappa shape index (κ3) is 3.73. The number of carbonyl (C=O) groups excluding carboxylic acids is 2. The average Bonchev–Trinajstić information content (AvgIpc) is 3.37. The van der Waals surface area contributed by atoms with Gasteiger partial charge in [-0.15, -0.1) is 0 Å². The number of carbonyl (C=O) groups is 2. The topological polar surface area (TPSA) is 58.6 Å². The number of hydrogen-bond donors (Lipinski definition) is 1. The van der Waals surface area contributed by atoms with Gasteiger partial charge in [-0.1, -0.05) is 43.6 Å². The lowest BCUT2D eigenvalue weighted by molar-refractivity contribution is -0.156. The minimum atomic E-state index is -0.734. The van der Waals surface area contributed by atoms with Crippen LogP contribution in [0.4, 0.5) is 0 Å². The molecule has 0 radical (unpaired) electrons. The molecular formula is C18H23ClN2O3. The Kier molecular flexibility index (Phi) is 5.11. The Morgan fingerprint density at radius 1 is 1.38 bits per heavy atom. The summed E-state index contributed by atoms with van der Waals surface area (Å²) in [5.74, 6) is 0.0911. The van der Waals surface area contributed by atoms with Crippen molar-refractivity contribution < 1.29 is 14.3 Å². The fourth-order valence-electron chi connectivity index (χ4n) is 3.10. The maximum Gasteiger partial charge on any atom is 0.254 e. The Labute approximate surface area is 147 Å². The van der Waals surface area contributed by atoms with Crippen molar-refractivity contribution in [2.75, 3.05) is 13.2 Å². The third-order valence-corrected chi connectivity index (χ3v) is 4.67. The molecule has 1 aromatic carbocycles. The van der Waals surface area contributed by atoms with Gasteiger partial charge in [0, 0.05) is 17.6 Å². The van der Waals surface area contributed by atoms with Crippen LogP contribution in [0.2, 0.25) is 5.02 Å². The Hall–Kier alpha value is -1.59. The van der Waals surface area contributed by atoms with Crippen molar-refractivity contribution in [1.82, 2.24) is 10.2 Å². The van der Waals surface area contributed by atoms with Gasteiger partial charge in [0.25, 0.3) is 5.91 Å². The molecule has 1 aromatic rings. The van der Waals surface area contributed by atoms with E-state index in [1.165, 1.54) is 0 Å². The quantitative estimate of drug-likeness (QED) is 0.887. The highest BCUT2D eigenvalue weighted by molar-refractivity contribution is 6.31. The van der Waals surface area contributed by atoms with Crippen LogP contribution in [-0.4, -0.2) is 42.0 Å². The lowest BCUT2D eigenvalue weighted by Crippen LogP contribution is -2.54. The van der Waals surface area contributed by atoms with Gasteiger partial charge in [0.15, 0.2) is 6.10 Å². The fourth-order valence-corrected chi connectivity index (χ4v) is 3.35. The number of benzene rings is 1. The van der Waals surface area contributed by atoms with Crippen molar-refractivity contribution in [3.8, 4) is 0 Å². The SMILES string of the molecule is CC(C)CN(C(=O)[C@H]1OCC(=O)N[C@@H]1c1ccccc1Cl)C1CC1. The van der Waals surface area contributed by atoms with Crippen molar-refractivity contribution in [3.63, 3.8) is 0 Å². The molecule has 2 atom stereocenters. The molecular weight excluding hydrogens is 328 g/mol. The van der Waals surface area contributed by atoms with Gasteiger partial charge in [0.05, 0.1) is 6.04 Å². The number of nitrogens with one attached hydrogen (secondary N) is 1. The van der Waals surface area contributed by atoms with Crippen molar-refractivity contribution in [1.29, 1.82) is 0 Å². The number of morpholine rings is 1. The Morgan fingerprint density at radius 2 is 2.08 bits per heavy atom. The molecule has 0 aromatic heterocycles. The molecule has 0 bridgehead atoms. The second-order valence-electron chi connectivity index (χ2n) is 6.91. The van der Waals surface area contributed by atoms with Gasteiger partial charge in [-0.3, -0.25) is 9.59 Å². The van der Waals surface area contributed by atoms with Gasteiger partial charge < -0.3 is 15.0 Å². The summed E-state index contributed by atoms with van der Waals surface area (Å²) < 4.78 is 5.65. The van der Waals surface area contributed by atoms with Gasteiger partial charge in [-0.2, -0.15) is 0 Å². The molecule has 1 aliphatic heterocycles. The number of rotatable bonds is 5. The fraction of sp³-hybridized carbons (Fsp3) is 0.556. The highest BCUT2D eigenvalue weighted by Crippen LogP contribution is 2.33. The van der Waals surface area contributed by atoms with Crippen LogP contribution >= 0.6 is 11.6 Å². The number of amides is 2. The molecule has 0 spiro atoms. The zero-order valence-corrected chi connectivity index (χ0v) is 14.8. The molecule has 1 N–H and O–H groups in total. The van der Waals surface area contributed by atoms with Crippen LogP contribution in [0.15, 0.2) is 24.3 Å². The van der Waals surface area contributed by atoms with Crippen LogP contribution in [0.1, 0.15) is 38.3 Å². The molecule has 2 aliphatic rings. The summed E-state index contributed by atoms with van der Waals surface area (Å²) >= 11 is 6.28. The molecule has 1 aliphatic carbocycles. The van der Waals surface area contributed by atoms with E-state index in [4.69, 9.17) is 16.3 Å². The molecule has 3 rings (SSSR count). The van der Waals surface area contributed by atoms with Crippen LogP contribution in [0.3, 0.4) is 0 Å². The van der Waals surface area contributed by atoms with E-state index in [0.29, 0.717) is 29.1 Å². The number of nitrogens with zero attached hydrogens (tertiary/aromatic N) is 1. The second kappa shape index (κ2) is 7.11. The van der Waals surface area contributed by atoms with Crippen molar-refractivity contribution in [2.45, 2.75) is 44.9 Å². The van der Waals surface area contributed by atoms with E-state index in [1.807, 2.05) is 23.1 Å². The van der Waals surface area contributed by atoms with E-state index in [2.05, 4.69) is 19.2 Å². The lowest BCUT2D eigenvalue weighted by Gasteiger charge is -2.36. The standard InChI is InChI=1S/C18H23ClN2O3/c1-11(2)9-21(12-7-8-12)18(23)17-16(20-15(22)10-24-17)13-5-3-4-6-14(13)19/h3-6,11-12,16-17H,7-10H2,1-2H3,(H,20,22)/t16-,17+/m1/s1. The zero-order valence-electron chi connectivity index (χ0n) is 14.0. The third-order valence-electron chi connectivity index (χ3n) is 4.33. The molecule has 24 heavy (non-hydrogen) atoms. The first kappa shape index (κ1) is 17.2. The molecule has 1 heterocycles. The average molecular weight is 351 g/mol. The number of halogens is 1. The summed E-state index contributed by atoms with van der Waals surface area (Å²) in [4.78, 5) is 26.9. The number of hydrogen-bond acceptors (Lipinski definition) is 3. The summed E-state index contributed by atoms with van der Waals surface area (Å²) in [7, 11) is 0. The minimum Gasteiger partial charge on any atom is -0.356 e. The second-order valence-corrected chi connectivity index (χ2v) is 7.32. The maximum absolute atomic E-state index is 13.1. The van der Waals surface area contributed by atoms with Crippen LogP contribution in [0.5, 0.6) is 0 Å². The molecule has 2 fully saturated rings. The predicted octanol–water partition coefficient (Wildman–Crippen LogP) is 2.54. The maximum atomic E-state index is 13.1. The summed E-state index contributed by atoms with van der Waals surface area (Å²) in [5.41, 5.74) is 0.714. The van der Waals surface area contributed by atoms with Crippen LogP contribution in [0.25, 0.3) is 0 Å². The highest BCUT2D eigenvalue weighted by atomic mass is 35.5. The van der Waals surface area contributed by atoms with E-state index in [9.17, 15) is 9.59 Å². The van der Waals surface area contributed by atoms with Gasteiger partial charge in [0.2, 0.25) is 5.91 Å². The molecule has 5 nitrogen and oxygen atoms in total. The largest absolute Gasteiger partial charge is 0.356 e. The van der Waals surface area contributed by atoms with E-state index in [-0.39, 0.29) is 18.4 Å². The Morgan fingerprint density at radius 3 is 2.71 bits per heavy atom. The molecule has 1 saturated carbocycles. The first-order valence-corrected chi connectivity index (χ1v) is 8.81. The van der Waals surface area contributed by atoms with Gasteiger partial charge in [-0.05, 0) is 30.4 Å². The van der Waals surface area contributed by atoms with Gasteiger partial charge in [-0.25, -0.2) is 0 Å². The Bertz CT molecular complexity index is 630. The predicted molar refractivity (Wildman–Crippen MR) is 91.6 cm³/mol. The van der Waals surface area contributed by atoms with E-state index < -0.39 is 12.1 Å². The summed E-state index contributed by atoms with van der Waals surface area (Å²) in [6.45, 7) is 4.79. The van der Waals surface area contributed by atoms with Gasteiger partial charge in [0.1, 0.15) is 6.61 Å². The zero-order chi connectivity index (χ0) is 17.3. The van der Waals surface area contributed by atoms with Crippen molar-refractivity contribution >= 4 is 23.4 Å². The lowest BCUT2D eigenvalue weighted by atomic mass is 9.98. The monoisotopic (exact) mass is 350 g/mol. The van der Waals surface area contributed by atoms with Crippen molar-refractivity contribution in [3.05, 3.63) is 34.9 Å². The minimum absolute atomic E-state index is 0.0591. The first-order chi connectivity index (χ1) is 11.5. The van der Waals surface area contributed by atoms with Crippen LogP contribution < -0.4 is 5.32 Å². The molecule has 6 heteroatoms. The van der Waals surface area contributed by atoms with Crippen LogP contribution in [0, 0.1) is 5.92 Å². The van der Waals surface area contributed by atoms with E-state index in [0.717, 1.165) is 12.8 Å². The van der Waals surface area contributed by atoms with Gasteiger partial charge >= 0.3 is 0 Å². The number of ether oxygens (including phenoxy) is 1. The summed E-state index contributed by atoms with van der Waals surface area (Å²) in [6, 6.07) is 6.99. The molecule has 0 unspecified atom stereocenters. The summed E-state index contributed by atoms with van der Waals surface area (Å²) in [5, 5.41) is 3.40. The van der Waals surface area contributed by atoms with E-state index >= 15 is 0 Å².